The summed E-state index contributed by atoms with van der Waals surface area (Å²) >= 11 is 0. The van der Waals surface area contributed by atoms with E-state index in [9.17, 15) is 14.4 Å². The van der Waals surface area contributed by atoms with Crippen LogP contribution in [0, 0.1) is 0 Å². The number of carbonyl (C=O) groups excluding carboxylic acids is 3. The van der Waals surface area contributed by atoms with E-state index in [1.54, 1.807) is 29.2 Å². The Bertz CT molecular complexity index is 1500. The summed E-state index contributed by atoms with van der Waals surface area (Å²) in [7, 11) is 0. The summed E-state index contributed by atoms with van der Waals surface area (Å²) in [6.45, 7) is 3.96. The lowest BCUT2D eigenvalue weighted by atomic mass is 9.94. The van der Waals surface area contributed by atoms with Crippen molar-refractivity contribution < 1.29 is 19.1 Å². The average Bonchev–Trinajstić information content (AvgIpc) is 3.39. The number of para-hydroxylation sites is 1. The molecule has 4 aromatic rings. The van der Waals surface area contributed by atoms with Gasteiger partial charge in [0.1, 0.15) is 11.8 Å². The van der Waals surface area contributed by atoms with E-state index in [-0.39, 0.29) is 30.1 Å². The molecular weight excluding hydrogens is 514 g/mol. The average molecular weight is 552 g/mol. The van der Waals surface area contributed by atoms with Gasteiger partial charge in [0, 0.05) is 34.4 Å². The van der Waals surface area contributed by atoms with Crippen LogP contribution in [0.3, 0.4) is 0 Å². The van der Waals surface area contributed by atoms with Crippen molar-refractivity contribution in [3.05, 3.63) is 95.7 Å². The third-order valence-corrected chi connectivity index (χ3v) is 7.80. The summed E-state index contributed by atoms with van der Waals surface area (Å²) in [6.07, 6.45) is 7.14. The van der Waals surface area contributed by atoms with Gasteiger partial charge in [-0.3, -0.25) is 19.3 Å². The molecule has 1 aliphatic carbocycles. The van der Waals surface area contributed by atoms with Crippen molar-refractivity contribution in [1.29, 1.82) is 0 Å². The highest BCUT2D eigenvalue weighted by Gasteiger charge is 2.34. The first kappa shape index (κ1) is 28.1. The predicted molar refractivity (Wildman–Crippen MR) is 161 cm³/mol. The van der Waals surface area contributed by atoms with Gasteiger partial charge >= 0.3 is 0 Å². The molecule has 1 aliphatic rings. The molecule has 2 amide bonds. The molecule has 0 spiro atoms. The molecule has 0 bridgehead atoms. The fourth-order valence-corrected chi connectivity index (χ4v) is 5.68. The molecule has 5 rings (SSSR count). The second-order valence-electron chi connectivity index (χ2n) is 10.7. The standard InChI is InChI=1S/C34H37N3O4/c1-3-41-29-19-15-25(16-20-29)33(34(40)36-27-9-5-4-6-10-27)37(28-17-13-24(14-18-28)23(2)38)32(39)21-26-22-35-31-12-8-7-11-30(26)31/h7-8,11-20,22,27,33,35H,3-6,9-10,21H2,1-2H3,(H,36,40). The molecule has 1 heterocycles. The molecule has 1 unspecified atom stereocenters. The zero-order valence-electron chi connectivity index (χ0n) is 23.7. The molecule has 1 aromatic heterocycles. The number of ketones is 1. The molecule has 212 valence electrons. The largest absolute Gasteiger partial charge is 0.494 e. The van der Waals surface area contributed by atoms with E-state index < -0.39 is 6.04 Å². The Labute approximate surface area is 240 Å². The normalized spacial score (nSPS) is 14.4. The van der Waals surface area contributed by atoms with Crippen LogP contribution in [-0.2, 0) is 16.0 Å². The fourth-order valence-electron chi connectivity index (χ4n) is 5.68. The monoisotopic (exact) mass is 551 g/mol. The van der Waals surface area contributed by atoms with Gasteiger partial charge in [-0.1, -0.05) is 49.6 Å². The Morgan fingerprint density at radius 1 is 0.951 bits per heavy atom. The number of fused-ring (bicyclic) bond motifs is 1. The first-order chi connectivity index (χ1) is 19.9. The van der Waals surface area contributed by atoms with Crippen LogP contribution in [0.25, 0.3) is 10.9 Å². The molecule has 0 aliphatic heterocycles. The minimum absolute atomic E-state index is 0.0636. The van der Waals surface area contributed by atoms with Gasteiger partial charge in [0.2, 0.25) is 11.8 Å². The molecule has 7 heteroatoms. The van der Waals surface area contributed by atoms with Crippen LogP contribution in [0.4, 0.5) is 5.69 Å². The zero-order chi connectivity index (χ0) is 28.8. The number of aromatic nitrogens is 1. The van der Waals surface area contributed by atoms with Crippen molar-refractivity contribution in [2.45, 2.75) is 64.5 Å². The van der Waals surface area contributed by atoms with Gasteiger partial charge < -0.3 is 15.0 Å². The highest BCUT2D eigenvalue weighted by molar-refractivity contribution is 6.04. The van der Waals surface area contributed by atoms with Crippen LogP contribution in [0.5, 0.6) is 5.75 Å². The number of Topliss-reactive ketones (excluding diaryl/α,β-unsaturated/α-hetero) is 1. The number of hydrogen-bond donors (Lipinski definition) is 2. The molecule has 7 nitrogen and oxygen atoms in total. The topological polar surface area (TPSA) is 91.5 Å². The molecule has 1 fully saturated rings. The number of amides is 2. The second-order valence-corrected chi connectivity index (χ2v) is 10.7. The number of carbonyl (C=O) groups is 3. The molecule has 3 aromatic carbocycles. The predicted octanol–water partition coefficient (Wildman–Crippen LogP) is 6.54. The van der Waals surface area contributed by atoms with Crippen molar-refractivity contribution in [3.8, 4) is 5.75 Å². The molecule has 1 atom stereocenters. The van der Waals surface area contributed by atoms with Crippen LogP contribution in [0.2, 0.25) is 0 Å². The number of benzene rings is 3. The molecule has 41 heavy (non-hydrogen) atoms. The van der Waals surface area contributed by atoms with Gasteiger partial charge in [-0.15, -0.1) is 0 Å². The summed E-state index contributed by atoms with van der Waals surface area (Å²) in [5.41, 5.74) is 3.59. The Morgan fingerprint density at radius 3 is 2.34 bits per heavy atom. The SMILES string of the molecule is CCOc1ccc(C(C(=O)NC2CCCCC2)N(C(=O)Cc2c[nH]c3ccccc23)c2ccc(C(C)=O)cc2)cc1. The fraction of sp³-hybridized carbons (Fsp3) is 0.324. The van der Waals surface area contributed by atoms with Gasteiger partial charge in [0.25, 0.3) is 0 Å². The van der Waals surface area contributed by atoms with E-state index in [0.29, 0.717) is 29.2 Å². The lowest BCUT2D eigenvalue weighted by Crippen LogP contribution is -2.47. The number of nitrogens with one attached hydrogen (secondary N) is 2. The number of nitrogens with zero attached hydrogens (tertiary/aromatic N) is 1. The van der Waals surface area contributed by atoms with E-state index in [1.807, 2.05) is 61.7 Å². The maximum atomic E-state index is 14.3. The van der Waals surface area contributed by atoms with Crippen molar-refractivity contribution >= 4 is 34.2 Å². The second kappa shape index (κ2) is 12.9. The van der Waals surface area contributed by atoms with E-state index >= 15 is 0 Å². The molecule has 0 saturated heterocycles. The van der Waals surface area contributed by atoms with Gasteiger partial charge in [-0.2, -0.15) is 0 Å². The summed E-state index contributed by atoms with van der Waals surface area (Å²) in [4.78, 5) is 45.3. The minimum Gasteiger partial charge on any atom is -0.494 e. The van der Waals surface area contributed by atoms with Gasteiger partial charge in [0.05, 0.1) is 13.0 Å². The van der Waals surface area contributed by atoms with Crippen LogP contribution < -0.4 is 15.0 Å². The molecule has 1 saturated carbocycles. The van der Waals surface area contributed by atoms with E-state index in [1.165, 1.54) is 13.3 Å². The Balaban J connectivity index is 1.57. The molecular formula is C34H37N3O4. The van der Waals surface area contributed by atoms with E-state index in [0.717, 1.165) is 42.1 Å². The summed E-state index contributed by atoms with van der Waals surface area (Å²) in [5.74, 6) is 0.198. The van der Waals surface area contributed by atoms with E-state index in [4.69, 9.17) is 4.74 Å². The van der Waals surface area contributed by atoms with Crippen molar-refractivity contribution in [1.82, 2.24) is 10.3 Å². The Hall–Kier alpha value is -4.39. The summed E-state index contributed by atoms with van der Waals surface area (Å²) in [5, 5.41) is 4.23. The Morgan fingerprint density at radius 2 is 1.66 bits per heavy atom. The quantitative estimate of drug-likeness (QED) is 0.219. The van der Waals surface area contributed by atoms with Gasteiger partial charge in [-0.05, 0) is 80.3 Å². The minimum atomic E-state index is -0.909. The third kappa shape index (κ3) is 6.51. The van der Waals surface area contributed by atoms with Crippen molar-refractivity contribution in [3.63, 3.8) is 0 Å². The third-order valence-electron chi connectivity index (χ3n) is 7.80. The first-order valence-corrected chi connectivity index (χ1v) is 14.5. The van der Waals surface area contributed by atoms with Crippen LogP contribution in [0.15, 0.2) is 79.0 Å². The number of hydrogen-bond acceptors (Lipinski definition) is 4. The first-order valence-electron chi connectivity index (χ1n) is 14.5. The van der Waals surface area contributed by atoms with Crippen molar-refractivity contribution in [2.24, 2.45) is 0 Å². The summed E-state index contributed by atoms with van der Waals surface area (Å²) in [6, 6.07) is 21.3. The maximum Gasteiger partial charge on any atom is 0.248 e. The van der Waals surface area contributed by atoms with E-state index in [2.05, 4.69) is 10.3 Å². The van der Waals surface area contributed by atoms with Gasteiger partial charge in [-0.25, -0.2) is 0 Å². The van der Waals surface area contributed by atoms with Crippen LogP contribution in [-0.4, -0.2) is 35.2 Å². The van der Waals surface area contributed by atoms with Crippen molar-refractivity contribution in [2.75, 3.05) is 11.5 Å². The highest BCUT2D eigenvalue weighted by atomic mass is 16.5. The highest BCUT2D eigenvalue weighted by Crippen LogP contribution is 2.32. The van der Waals surface area contributed by atoms with Gasteiger partial charge in [0.15, 0.2) is 5.78 Å². The summed E-state index contributed by atoms with van der Waals surface area (Å²) < 4.78 is 5.65. The Kier molecular flexibility index (Phi) is 8.82. The maximum absolute atomic E-state index is 14.3. The van der Waals surface area contributed by atoms with Crippen LogP contribution >= 0.6 is 0 Å². The number of anilines is 1. The molecule has 2 N–H and O–H groups in total. The number of rotatable bonds is 10. The zero-order valence-corrected chi connectivity index (χ0v) is 23.7. The number of ether oxygens (including phenoxy) is 1. The van der Waals surface area contributed by atoms with Crippen LogP contribution in [0.1, 0.15) is 73.5 Å². The number of aromatic amines is 1. The number of H-pyrrole nitrogens is 1. The molecule has 0 radical (unpaired) electrons. The lowest BCUT2D eigenvalue weighted by Gasteiger charge is -2.33. The smallest absolute Gasteiger partial charge is 0.248 e. The lowest BCUT2D eigenvalue weighted by molar-refractivity contribution is -0.127.